The van der Waals surface area contributed by atoms with Gasteiger partial charge in [0, 0.05) is 19.0 Å². The van der Waals surface area contributed by atoms with Crippen molar-refractivity contribution in [3.63, 3.8) is 0 Å². The van der Waals surface area contributed by atoms with Gasteiger partial charge in [0.15, 0.2) is 0 Å². The molecule has 2 fully saturated rings. The Morgan fingerprint density at radius 1 is 1.31 bits per heavy atom. The van der Waals surface area contributed by atoms with E-state index in [1.807, 2.05) is 0 Å². The van der Waals surface area contributed by atoms with Gasteiger partial charge >= 0.3 is 0 Å². The minimum absolute atomic E-state index is 0.266. The lowest BCUT2D eigenvalue weighted by atomic mass is 9.93. The molecule has 3 heteroatoms. The van der Waals surface area contributed by atoms with Crippen LogP contribution in [0.3, 0.4) is 0 Å². The van der Waals surface area contributed by atoms with E-state index in [4.69, 9.17) is 0 Å². The first-order valence-corrected chi connectivity index (χ1v) is 6.77. The Morgan fingerprint density at radius 3 is 2.81 bits per heavy atom. The van der Waals surface area contributed by atoms with E-state index in [0.29, 0.717) is 5.91 Å². The van der Waals surface area contributed by atoms with Gasteiger partial charge in [0.25, 0.3) is 0 Å². The van der Waals surface area contributed by atoms with Gasteiger partial charge in [-0.15, -0.1) is 0 Å². The first kappa shape index (κ1) is 11.9. The van der Waals surface area contributed by atoms with Gasteiger partial charge in [-0.05, 0) is 51.1 Å². The number of carbonyl (C=O) groups is 1. The summed E-state index contributed by atoms with van der Waals surface area (Å²) in [4.78, 5) is 14.0. The number of piperidine rings is 2. The van der Waals surface area contributed by atoms with Crippen LogP contribution < -0.4 is 5.32 Å². The fraction of sp³-hybridized carbons (Fsp3) is 0.923. The third-order valence-corrected chi connectivity index (χ3v) is 4.06. The topological polar surface area (TPSA) is 32.3 Å². The number of nitrogens with one attached hydrogen (secondary N) is 1. The molecule has 0 aromatic rings. The molecule has 0 aromatic heterocycles. The van der Waals surface area contributed by atoms with Gasteiger partial charge in [-0.2, -0.15) is 0 Å². The Labute approximate surface area is 98.6 Å². The Kier molecular flexibility index (Phi) is 4.22. The van der Waals surface area contributed by atoms with Crippen molar-refractivity contribution >= 4 is 5.91 Å². The van der Waals surface area contributed by atoms with Crippen LogP contribution in [0.15, 0.2) is 0 Å². The zero-order chi connectivity index (χ0) is 11.4. The third kappa shape index (κ3) is 2.97. The van der Waals surface area contributed by atoms with Crippen molar-refractivity contribution < 1.29 is 4.79 Å². The number of nitrogens with zero attached hydrogens (tertiary/aromatic N) is 1. The molecule has 0 aliphatic carbocycles. The Hall–Kier alpha value is -0.570. The predicted octanol–water partition coefficient (Wildman–Crippen LogP) is 1.63. The van der Waals surface area contributed by atoms with Crippen LogP contribution >= 0.6 is 0 Å². The summed E-state index contributed by atoms with van der Waals surface area (Å²) in [7, 11) is 0. The smallest absolute Gasteiger partial charge is 0.225 e. The fourth-order valence-electron chi connectivity index (χ4n) is 2.86. The summed E-state index contributed by atoms with van der Waals surface area (Å²) in [5, 5.41) is 3.39. The Bertz CT molecular complexity index is 236. The average Bonchev–Trinajstić information content (AvgIpc) is 2.32. The molecule has 0 aromatic carbocycles. The van der Waals surface area contributed by atoms with Crippen molar-refractivity contribution in [2.45, 2.75) is 39.0 Å². The minimum atomic E-state index is 0.266. The van der Waals surface area contributed by atoms with Crippen LogP contribution in [0.5, 0.6) is 0 Å². The van der Waals surface area contributed by atoms with Crippen LogP contribution in [0.2, 0.25) is 0 Å². The highest BCUT2D eigenvalue weighted by Gasteiger charge is 2.25. The lowest BCUT2D eigenvalue weighted by Crippen LogP contribution is -2.41. The van der Waals surface area contributed by atoms with Crippen LogP contribution in [0.1, 0.15) is 39.0 Å². The second-order valence-electron chi connectivity index (χ2n) is 5.35. The molecule has 1 N–H and O–H groups in total. The zero-order valence-corrected chi connectivity index (χ0v) is 10.4. The number of carbonyl (C=O) groups excluding carboxylic acids is 1. The van der Waals surface area contributed by atoms with Gasteiger partial charge in [0.1, 0.15) is 0 Å². The Morgan fingerprint density at radius 2 is 2.06 bits per heavy atom. The number of hydrogen-bond donors (Lipinski definition) is 1. The van der Waals surface area contributed by atoms with Gasteiger partial charge in [-0.25, -0.2) is 0 Å². The molecule has 0 spiro atoms. The molecule has 0 bridgehead atoms. The SMILES string of the molecule is CC1CCCN(CCC2CCNCC2)C1=O. The van der Waals surface area contributed by atoms with Crippen molar-refractivity contribution in [2.24, 2.45) is 11.8 Å². The van der Waals surface area contributed by atoms with E-state index in [-0.39, 0.29) is 5.92 Å². The van der Waals surface area contributed by atoms with Crippen molar-refractivity contribution in [3.05, 3.63) is 0 Å². The molecule has 1 unspecified atom stereocenters. The summed E-state index contributed by atoms with van der Waals surface area (Å²) in [6.45, 7) is 6.38. The molecule has 0 saturated carbocycles. The van der Waals surface area contributed by atoms with Gasteiger partial charge < -0.3 is 10.2 Å². The van der Waals surface area contributed by atoms with Crippen LogP contribution in [0, 0.1) is 11.8 Å². The molecule has 1 atom stereocenters. The monoisotopic (exact) mass is 224 g/mol. The van der Waals surface area contributed by atoms with Gasteiger partial charge in [0.05, 0.1) is 0 Å². The van der Waals surface area contributed by atoms with Gasteiger partial charge in [0.2, 0.25) is 5.91 Å². The predicted molar refractivity (Wildman–Crippen MR) is 65.2 cm³/mol. The largest absolute Gasteiger partial charge is 0.342 e. The molecule has 1 amide bonds. The lowest BCUT2D eigenvalue weighted by molar-refractivity contribution is -0.137. The molecule has 16 heavy (non-hydrogen) atoms. The lowest BCUT2D eigenvalue weighted by Gasteiger charge is -2.32. The quantitative estimate of drug-likeness (QED) is 0.790. The van der Waals surface area contributed by atoms with E-state index in [0.717, 1.165) is 38.5 Å². The molecule has 0 radical (unpaired) electrons. The number of hydrogen-bond acceptors (Lipinski definition) is 2. The van der Waals surface area contributed by atoms with Gasteiger partial charge in [-0.3, -0.25) is 4.79 Å². The summed E-state index contributed by atoms with van der Waals surface area (Å²) in [5.41, 5.74) is 0. The molecule has 2 aliphatic rings. The zero-order valence-electron chi connectivity index (χ0n) is 10.4. The van der Waals surface area contributed by atoms with Crippen molar-refractivity contribution in [1.82, 2.24) is 10.2 Å². The highest BCUT2D eigenvalue weighted by molar-refractivity contribution is 5.79. The van der Waals surface area contributed by atoms with Crippen molar-refractivity contribution in [2.75, 3.05) is 26.2 Å². The van der Waals surface area contributed by atoms with Crippen molar-refractivity contribution in [1.29, 1.82) is 0 Å². The first-order valence-electron chi connectivity index (χ1n) is 6.77. The normalized spacial score (nSPS) is 28.4. The van der Waals surface area contributed by atoms with E-state index in [1.54, 1.807) is 0 Å². The van der Waals surface area contributed by atoms with Crippen LogP contribution in [0.25, 0.3) is 0 Å². The highest BCUT2D eigenvalue weighted by atomic mass is 16.2. The molecule has 3 nitrogen and oxygen atoms in total. The van der Waals surface area contributed by atoms with E-state index in [9.17, 15) is 4.79 Å². The maximum absolute atomic E-state index is 11.9. The van der Waals surface area contributed by atoms with Crippen molar-refractivity contribution in [3.8, 4) is 0 Å². The number of amides is 1. The van der Waals surface area contributed by atoms with E-state index >= 15 is 0 Å². The Balaban J connectivity index is 1.73. The summed E-state index contributed by atoms with van der Waals surface area (Å²) in [5.74, 6) is 1.49. The number of likely N-dealkylation sites (tertiary alicyclic amines) is 1. The molecule has 2 saturated heterocycles. The van der Waals surface area contributed by atoms with E-state index in [1.165, 1.54) is 25.7 Å². The van der Waals surface area contributed by atoms with Crippen LogP contribution in [0.4, 0.5) is 0 Å². The fourth-order valence-corrected chi connectivity index (χ4v) is 2.86. The average molecular weight is 224 g/mol. The summed E-state index contributed by atoms with van der Waals surface area (Å²) in [6, 6.07) is 0. The highest BCUT2D eigenvalue weighted by Crippen LogP contribution is 2.21. The maximum Gasteiger partial charge on any atom is 0.225 e. The number of rotatable bonds is 3. The molecule has 92 valence electrons. The maximum atomic E-state index is 11.9. The molecule has 2 heterocycles. The second-order valence-corrected chi connectivity index (χ2v) is 5.35. The molecule has 2 rings (SSSR count). The van der Waals surface area contributed by atoms with Gasteiger partial charge in [-0.1, -0.05) is 6.92 Å². The summed E-state index contributed by atoms with van der Waals surface area (Å²) >= 11 is 0. The van der Waals surface area contributed by atoms with E-state index in [2.05, 4.69) is 17.1 Å². The summed E-state index contributed by atoms with van der Waals surface area (Å²) in [6.07, 6.45) is 6.07. The van der Waals surface area contributed by atoms with E-state index < -0.39 is 0 Å². The van der Waals surface area contributed by atoms with Crippen LogP contribution in [-0.2, 0) is 4.79 Å². The first-order chi connectivity index (χ1) is 7.77. The molecular formula is C13H24N2O. The second kappa shape index (κ2) is 5.67. The standard InChI is InChI=1S/C13H24N2O/c1-11-3-2-9-15(13(11)16)10-6-12-4-7-14-8-5-12/h11-12,14H,2-10H2,1H3. The minimum Gasteiger partial charge on any atom is -0.342 e. The third-order valence-electron chi connectivity index (χ3n) is 4.06. The summed E-state index contributed by atoms with van der Waals surface area (Å²) < 4.78 is 0. The molecule has 2 aliphatic heterocycles. The molecular weight excluding hydrogens is 200 g/mol. The van der Waals surface area contributed by atoms with Crippen LogP contribution in [-0.4, -0.2) is 37.0 Å².